The van der Waals surface area contributed by atoms with Gasteiger partial charge in [-0.2, -0.15) is 0 Å². The quantitative estimate of drug-likeness (QED) is 0.271. The van der Waals surface area contributed by atoms with E-state index in [4.69, 9.17) is 0 Å². The van der Waals surface area contributed by atoms with E-state index < -0.39 is 41.8 Å². The van der Waals surface area contributed by atoms with E-state index in [1.165, 1.54) is 0 Å². The lowest BCUT2D eigenvalue weighted by atomic mass is 9.73. The van der Waals surface area contributed by atoms with Crippen molar-refractivity contribution in [3.05, 3.63) is 35.4 Å². The number of aliphatic hydroxyl groups is 1. The number of amides is 4. The zero-order valence-electron chi connectivity index (χ0n) is 19.6. The summed E-state index contributed by atoms with van der Waals surface area (Å²) in [4.78, 5) is 51.9. The van der Waals surface area contributed by atoms with Crippen LogP contribution < -0.4 is 26.6 Å². The van der Waals surface area contributed by atoms with Crippen LogP contribution in [0.15, 0.2) is 24.3 Å². The molecule has 0 bridgehead atoms. The molecule has 10 nitrogen and oxygen atoms in total. The molecule has 4 aliphatic rings. The van der Waals surface area contributed by atoms with E-state index in [0.29, 0.717) is 38.9 Å². The first-order valence-electron chi connectivity index (χ1n) is 12.6. The zero-order chi connectivity index (χ0) is 24.5. The van der Waals surface area contributed by atoms with Crippen LogP contribution in [-0.2, 0) is 32.1 Å². The largest absolute Gasteiger partial charge is 0.381 e. The Morgan fingerprint density at radius 2 is 1.57 bits per heavy atom. The maximum atomic E-state index is 13.5. The molecule has 3 aliphatic heterocycles. The standard InChI is InChI=1S/C25H33N5O5/c31-21(25(35)29-15-5-6-15)20(19(16-7-9-26-22(16)32)17-8-10-27-23(17)33)30-24(34)18-11-13-3-1-2-4-14(13)12-28-18/h1-4,15-21,28,31H,5-12H2,(H,26,32)(H,27,33)(H,29,35)(H,30,34)/t16-,17-,18-,20-,21?/m0/s1. The predicted molar refractivity (Wildman–Crippen MR) is 126 cm³/mol. The lowest BCUT2D eigenvalue weighted by molar-refractivity contribution is -0.140. The van der Waals surface area contributed by atoms with Crippen molar-refractivity contribution in [3.63, 3.8) is 0 Å². The molecule has 1 unspecified atom stereocenters. The first kappa shape index (κ1) is 23.7. The Kier molecular flexibility index (Phi) is 6.75. The van der Waals surface area contributed by atoms with Crippen LogP contribution in [0.25, 0.3) is 0 Å². The summed E-state index contributed by atoms with van der Waals surface area (Å²) in [6, 6.07) is 6.27. The highest BCUT2D eigenvalue weighted by Crippen LogP contribution is 2.35. The molecule has 10 heteroatoms. The van der Waals surface area contributed by atoms with Crippen molar-refractivity contribution >= 4 is 23.6 Å². The van der Waals surface area contributed by atoms with E-state index in [1.807, 2.05) is 24.3 Å². The van der Waals surface area contributed by atoms with Gasteiger partial charge in [-0.1, -0.05) is 24.3 Å². The summed E-state index contributed by atoms with van der Waals surface area (Å²) in [5.74, 6) is -3.25. The molecule has 4 amide bonds. The summed E-state index contributed by atoms with van der Waals surface area (Å²) < 4.78 is 0. The summed E-state index contributed by atoms with van der Waals surface area (Å²) >= 11 is 0. The first-order valence-corrected chi connectivity index (χ1v) is 12.6. The van der Waals surface area contributed by atoms with Gasteiger partial charge in [0.15, 0.2) is 6.10 Å². The molecule has 1 aliphatic carbocycles. The second-order valence-electron chi connectivity index (χ2n) is 10.1. The Bertz CT molecular complexity index is 986. The Hall–Kier alpha value is -2.98. The fourth-order valence-electron chi connectivity index (χ4n) is 5.71. The zero-order valence-corrected chi connectivity index (χ0v) is 19.6. The number of carbonyl (C=O) groups is 4. The molecule has 1 aromatic rings. The molecule has 5 rings (SSSR count). The normalized spacial score (nSPS) is 27.5. The molecular formula is C25H33N5O5. The molecule has 0 aromatic heterocycles. The molecule has 3 heterocycles. The van der Waals surface area contributed by atoms with Crippen LogP contribution >= 0.6 is 0 Å². The lowest BCUT2D eigenvalue weighted by Gasteiger charge is -2.37. The molecule has 1 saturated carbocycles. The van der Waals surface area contributed by atoms with Crippen LogP contribution in [-0.4, -0.2) is 66.1 Å². The summed E-state index contributed by atoms with van der Waals surface area (Å²) in [7, 11) is 0. The third kappa shape index (κ3) is 5.04. The van der Waals surface area contributed by atoms with E-state index >= 15 is 0 Å². The molecule has 1 aromatic carbocycles. The van der Waals surface area contributed by atoms with Crippen molar-refractivity contribution in [2.75, 3.05) is 13.1 Å². The molecule has 188 valence electrons. The van der Waals surface area contributed by atoms with Crippen LogP contribution in [0.4, 0.5) is 0 Å². The van der Waals surface area contributed by atoms with Crippen molar-refractivity contribution in [2.24, 2.45) is 17.8 Å². The minimum Gasteiger partial charge on any atom is -0.381 e. The molecule has 2 saturated heterocycles. The van der Waals surface area contributed by atoms with Crippen molar-refractivity contribution < 1.29 is 24.3 Å². The molecule has 0 radical (unpaired) electrons. The van der Waals surface area contributed by atoms with Crippen LogP contribution in [0, 0.1) is 17.8 Å². The highest BCUT2D eigenvalue weighted by Gasteiger charge is 2.50. The first-order chi connectivity index (χ1) is 16.9. The Balaban J connectivity index is 1.42. The Morgan fingerprint density at radius 1 is 0.943 bits per heavy atom. The van der Waals surface area contributed by atoms with E-state index in [0.717, 1.165) is 24.0 Å². The van der Waals surface area contributed by atoms with E-state index in [-0.39, 0.29) is 23.8 Å². The third-order valence-corrected chi connectivity index (χ3v) is 7.77. The number of nitrogens with one attached hydrogen (secondary N) is 5. The number of fused-ring (bicyclic) bond motifs is 1. The van der Waals surface area contributed by atoms with Crippen molar-refractivity contribution in [1.82, 2.24) is 26.6 Å². The van der Waals surface area contributed by atoms with Crippen LogP contribution in [0.2, 0.25) is 0 Å². The van der Waals surface area contributed by atoms with Gasteiger partial charge in [-0.05, 0) is 43.2 Å². The summed E-state index contributed by atoms with van der Waals surface area (Å²) in [5, 5.41) is 25.8. The van der Waals surface area contributed by atoms with Crippen molar-refractivity contribution in [1.29, 1.82) is 0 Å². The fraction of sp³-hybridized carbons (Fsp3) is 0.600. The fourth-order valence-corrected chi connectivity index (χ4v) is 5.71. The molecule has 6 N–H and O–H groups in total. The molecule has 0 spiro atoms. The van der Waals surface area contributed by atoms with Gasteiger partial charge >= 0.3 is 0 Å². The number of hydrogen-bond donors (Lipinski definition) is 6. The maximum absolute atomic E-state index is 13.5. The van der Waals surface area contributed by atoms with Gasteiger partial charge in [-0.3, -0.25) is 19.2 Å². The highest BCUT2D eigenvalue weighted by molar-refractivity contribution is 5.88. The maximum Gasteiger partial charge on any atom is 0.251 e. The van der Waals surface area contributed by atoms with Gasteiger partial charge in [0.2, 0.25) is 17.7 Å². The molecular weight excluding hydrogens is 450 g/mol. The van der Waals surface area contributed by atoms with E-state index in [1.54, 1.807) is 0 Å². The van der Waals surface area contributed by atoms with Crippen LogP contribution in [0.5, 0.6) is 0 Å². The van der Waals surface area contributed by atoms with Crippen molar-refractivity contribution in [2.45, 2.75) is 62.9 Å². The summed E-state index contributed by atoms with van der Waals surface area (Å²) in [5.41, 5.74) is 2.19. The van der Waals surface area contributed by atoms with Gasteiger partial charge < -0.3 is 31.7 Å². The third-order valence-electron chi connectivity index (χ3n) is 7.77. The van der Waals surface area contributed by atoms with Gasteiger partial charge in [0.1, 0.15) is 0 Å². The molecule has 5 atom stereocenters. The number of hydrogen-bond acceptors (Lipinski definition) is 6. The second kappa shape index (κ2) is 9.94. The predicted octanol–water partition coefficient (Wildman–Crippen LogP) is -1.29. The summed E-state index contributed by atoms with van der Waals surface area (Å²) in [6.07, 6.45) is 1.54. The SMILES string of the molecule is O=C(NC1CC1)C(O)[C@@H](NC(=O)[C@@H]1Cc2ccccc2CN1)C([C@@H]1CCNC1=O)[C@@H]1CCNC1=O. The van der Waals surface area contributed by atoms with Gasteiger partial charge in [-0.25, -0.2) is 0 Å². The minimum absolute atomic E-state index is 0.0213. The van der Waals surface area contributed by atoms with Gasteiger partial charge in [0, 0.05) is 43.4 Å². The minimum atomic E-state index is -1.58. The average Bonchev–Trinajstić information content (AvgIpc) is 3.42. The van der Waals surface area contributed by atoms with Gasteiger partial charge in [0.05, 0.1) is 12.1 Å². The number of benzene rings is 1. The summed E-state index contributed by atoms with van der Waals surface area (Å²) in [6.45, 7) is 1.45. The van der Waals surface area contributed by atoms with E-state index in [2.05, 4.69) is 26.6 Å². The smallest absolute Gasteiger partial charge is 0.251 e. The monoisotopic (exact) mass is 483 g/mol. The number of aliphatic hydroxyl groups excluding tert-OH is 1. The second-order valence-corrected chi connectivity index (χ2v) is 10.1. The number of carbonyl (C=O) groups excluding carboxylic acids is 4. The number of rotatable bonds is 8. The molecule has 35 heavy (non-hydrogen) atoms. The van der Waals surface area contributed by atoms with Gasteiger partial charge in [-0.15, -0.1) is 0 Å². The van der Waals surface area contributed by atoms with Crippen LogP contribution in [0.1, 0.15) is 36.8 Å². The lowest BCUT2D eigenvalue weighted by Crippen LogP contribution is -2.61. The van der Waals surface area contributed by atoms with Crippen molar-refractivity contribution in [3.8, 4) is 0 Å². The Morgan fingerprint density at radius 3 is 2.14 bits per heavy atom. The van der Waals surface area contributed by atoms with Gasteiger partial charge in [0.25, 0.3) is 5.91 Å². The Labute approximate surface area is 204 Å². The van der Waals surface area contributed by atoms with Crippen LogP contribution in [0.3, 0.4) is 0 Å². The average molecular weight is 484 g/mol. The molecule has 3 fully saturated rings. The van der Waals surface area contributed by atoms with E-state index in [9.17, 15) is 24.3 Å². The highest BCUT2D eigenvalue weighted by atomic mass is 16.3. The topological polar surface area (TPSA) is 149 Å².